The molecule has 3 aromatic rings. The van der Waals surface area contributed by atoms with Crippen molar-refractivity contribution in [3.63, 3.8) is 0 Å². The topological polar surface area (TPSA) is 80.8 Å². The van der Waals surface area contributed by atoms with E-state index in [1.165, 1.54) is 18.3 Å². The van der Waals surface area contributed by atoms with Crippen LogP contribution in [0.2, 0.25) is 0 Å². The third-order valence-corrected chi connectivity index (χ3v) is 5.99. The molecule has 160 valence electrons. The maximum atomic E-state index is 13.2. The fourth-order valence-electron chi connectivity index (χ4n) is 3.55. The lowest BCUT2D eigenvalue weighted by molar-refractivity contribution is -0.145. The molecule has 1 unspecified atom stereocenters. The number of aryl methyl sites for hydroxylation is 1. The lowest BCUT2D eigenvalue weighted by Gasteiger charge is -2.38. The Morgan fingerprint density at radius 1 is 1.29 bits per heavy atom. The van der Waals surface area contributed by atoms with Crippen LogP contribution >= 0.6 is 11.3 Å². The molecule has 0 bridgehead atoms. The van der Waals surface area contributed by atoms with Crippen molar-refractivity contribution in [1.29, 1.82) is 0 Å². The highest BCUT2D eigenvalue weighted by Gasteiger charge is 2.50. The van der Waals surface area contributed by atoms with E-state index in [4.69, 9.17) is 9.47 Å². The van der Waals surface area contributed by atoms with E-state index in [1.54, 1.807) is 24.1 Å². The molecule has 0 saturated carbocycles. The first-order valence-corrected chi connectivity index (χ1v) is 10.8. The van der Waals surface area contributed by atoms with Crippen molar-refractivity contribution >= 4 is 34.0 Å². The predicted molar refractivity (Wildman–Crippen MR) is 121 cm³/mol. The van der Waals surface area contributed by atoms with Gasteiger partial charge in [-0.05, 0) is 45.0 Å². The predicted octanol–water partition coefficient (Wildman–Crippen LogP) is 4.27. The van der Waals surface area contributed by atoms with Gasteiger partial charge in [0.1, 0.15) is 11.5 Å². The number of benzene rings is 2. The number of hydrogen-bond donors (Lipinski definition) is 1. The number of thiazole rings is 1. The number of methoxy groups -OCH3 is 1. The number of ether oxygens (including phenoxy) is 2. The molecule has 2 heterocycles. The zero-order chi connectivity index (χ0) is 22.2. The molecular weight excluding hydrogens is 414 g/mol. The van der Waals surface area contributed by atoms with Crippen LogP contribution < -0.4 is 19.7 Å². The lowest BCUT2D eigenvalue weighted by atomic mass is 10.00. The standard InChI is InChI=1S/C23H23N3O4S/c1-5-26-17-8-6-7-9-19(17)30-23(3,21(26)28)20(27)25-22-24-16(13-31-22)15-12-14(2)10-11-18(15)29-4/h6-13H,5H2,1-4H3,(H,24,25,27). The smallest absolute Gasteiger partial charge is 0.280 e. The van der Waals surface area contributed by atoms with Gasteiger partial charge in [0.15, 0.2) is 5.13 Å². The number of carbonyl (C=O) groups is 2. The van der Waals surface area contributed by atoms with Crippen LogP contribution in [0.15, 0.2) is 47.8 Å². The summed E-state index contributed by atoms with van der Waals surface area (Å²) in [7, 11) is 1.60. The van der Waals surface area contributed by atoms with E-state index < -0.39 is 17.4 Å². The van der Waals surface area contributed by atoms with Gasteiger partial charge in [-0.25, -0.2) is 4.98 Å². The number of amides is 2. The summed E-state index contributed by atoms with van der Waals surface area (Å²) in [5.74, 6) is 0.207. The molecule has 0 radical (unpaired) electrons. The highest BCUT2D eigenvalue weighted by Crippen LogP contribution is 2.38. The number of nitrogens with zero attached hydrogens (tertiary/aromatic N) is 2. The minimum Gasteiger partial charge on any atom is -0.496 e. The summed E-state index contributed by atoms with van der Waals surface area (Å²) in [6.07, 6.45) is 0. The number of carbonyl (C=O) groups excluding carboxylic acids is 2. The van der Waals surface area contributed by atoms with Crippen LogP contribution in [-0.2, 0) is 9.59 Å². The van der Waals surface area contributed by atoms with Crippen LogP contribution in [0.3, 0.4) is 0 Å². The van der Waals surface area contributed by atoms with Crippen molar-refractivity contribution in [2.45, 2.75) is 26.4 Å². The van der Waals surface area contributed by atoms with Crippen LogP contribution in [0.5, 0.6) is 11.5 Å². The summed E-state index contributed by atoms with van der Waals surface area (Å²) in [5.41, 5.74) is 1.55. The van der Waals surface area contributed by atoms with E-state index in [0.717, 1.165) is 11.1 Å². The van der Waals surface area contributed by atoms with Gasteiger partial charge in [-0.2, -0.15) is 0 Å². The normalized spacial score (nSPS) is 17.7. The van der Waals surface area contributed by atoms with Gasteiger partial charge in [-0.15, -0.1) is 11.3 Å². The lowest BCUT2D eigenvalue weighted by Crippen LogP contribution is -2.60. The number of hydrogen-bond acceptors (Lipinski definition) is 6. The quantitative estimate of drug-likeness (QED) is 0.603. The van der Waals surface area contributed by atoms with Crippen LogP contribution in [-0.4, -0.2) is 36.1 Å². The monoisotopic (exact) mass is 437 g/mol. The Bertz CT molecular complexity index is 1160. The average molecular weight is 438 g/mol. The van der Waals surface area contributed by atoms with Crippen LogP contribution in [0, 0.1) is 6.92 Å². The number of fused-ring (bicyclic) bond motifs is 1. The second-order valence-electron chi connectivity index (χ2n) is 7.35. The number of likely N-dealkylation sites (N-methyl/N-ethyl adjacent to an activating group) is 1. The van der Waals surface area contributed by atoms with Gasteiger partial charge < -0.3 is 14.4 Å². The van der Waals surface area contributed by atoms with Gasteiger partial charge in [0.05, 0.1) is 18.5 Å². The minimum atomic E-state index is -1.70. The largest absolute Gasteiger partial charge is 0.496 e. The Balaban J connectivity index is 1.61. The van der Waals surface area contributed by atoms with Crippen molar-refractivity contribution in [2.75, 3.05) is 23.9 Å². The Labute approximate surface area is 184 Å². The molecule has 2 amide bonds. The Kier molecular flexibility index (Phi) is 5.41. The molecule has 0 aliphatic carbocycles. The molecule has 31 heavy (non-hydrogen) atoms. The van der Waals surface area contributed by atoms with E-state index in [1.807, 2.05) is 49.6 Å². The Morgan fingerprint density at radius 3 is 2.81 bits per heavy atom. The maximum absolute atomic E-state index is 13.2. The summed E-state index contributed by atoms with van der Waals surface area (Å²) in [6.45, 7) is 5.76. The van der Waals surface area contributed by atoms with Gasteiger partial charge in [-0.1, -0.05) is 23.8 Å². The molecule has 0 saturated heterocycles. The second kappa shape index (κ2) is 8.03. The molecule has 2 aromatic carbocycles. The van der Waals surface area contributed by atoms with Crippen LogP contribution in [0.25, 0.3) is 11.3 Å². The summed E-state index contributed by atoms with van der Waals surface area (Å²) in [6, 6.07) is 13.0. The SMILES string of the molecule is CCN1C(=O)C(C)(C(=O)Nc2nc(-c3cc(C)ccc3OC)cs2)Oc2ccccc21. The van der Waals surface area contributed by atoms with E-state index in [0.29, 0.717) is 34.6 Å². The molecule has 0 fully saturated rings. The Morgan fingerprint density at radius 2 is 2.06 bits per heavy atom. The van der Waals surface area contributed by atoms with Gasteiger partial charge in [0, 0.05) is 17.5 Å². The van der Waals surface area contributed by atoms with Crippen molar-refractivity contribution in [3.05, 3.63) is 53.4 Å². The van der Waals surface area contributed by atoms with Crippen molar-refractivity contribution in [1.82, 2.24) is 4.98 Å². The molecule has 1 N–H and O–H groups in total. The first kappa shape index (κ1) is 20.9. The highest BCUT2D eigenvalue weighted by molar-refractivity contribution is 7.14. The fraction of sp³-hybridized carbons (Fsp3) is 0.261. The molecule has 1 aliphatic heterocycles. The summed E-state index contributed by atoms with van der Waals surface area (Å²) >= 11 is 1.27. The zero-order valence-corrected chi connectivity index (χ0v) is 18.6. The number of rotatable bonds is 5. The molecule has 8 heteroatoms. The molecule has 1 aliphatic rings. The van der Waals surface area contributed by atoms with Gasteiger partial charge >= 0.3 is 0 Å². The fourth-order valence-corrected chi connectivity index (χ4v) is 4.25. The van der Waals surface area contributed by atoms with E-state index >= 15 is 0 Å². The van der Waals surface area contributed by atoms with Gasteiger partial charge in [0.2, 0.25) is 0 Å². The van der Waals surface area contributed by atoms with Crippen LogP contribution in [0.1, 0.15) is 19.4 Å². The highest BCUT2D eigenvalue weighted by atomic mass is 32.1. The molecule has 4 rings (SSSR count). The molecule has 0 spiro atoms. The van der Waals surface area contributed by atoms with E-state index in [2.05, 4.69) is 10.3 Å². The van der Waals surface area contributed by atoms with Crippen molar-refractivity contribution in [2.24, 2.45) is 0 Å². The molecule has 7 nitrogen and oxygen atoms in total. The van der Waals surface area contributed by atoms with Crippen molar-refractivity contribution in [3.8, 4) is 22.8 Å². The van der Waals surface area contributed by atoms with Crippen molar-refractivity contribution < 1.29 is 19.1 Å². The molecule has 1 aromatic heterocycles. The minimum absolute atomic E-state index is 0.378. The third-order valence-electron chi connectivity index (χ3n) is 5.23. The summed E-state index contributed by atoms with van der Waals surface area (Å²) in [4.78, 5) is 32.4. The number of aromatic nitrogens is 1. The maximum Gasteiger partial charge on any atom is 0.280 e. The first-order valence-electron chi connectivity index (χ1n) is 9.89. The number of anilines is 2. The second-order valence-corrected chi connectivity index (χ2v) is 8.21. The average Bonchev–Trinajstić information content (AvgIpc) is 3.23. The number of para-hydroxylation sites is 2. The van der Waals surface area contributed by atoms with Gasteiger partial charge in [0.25, 0.3) is 17.4 Å². The molecular formula is C23H23N3O4S. The Hall–Kier alpha value is -3.39. The summed E-state index contributed by atoms with van der Waals surface area (Å²) in [5, 5.41) is 4.97. The van der Waals surface area contributed by atoms with Gasteiger partial charge in [-0.3, -0.25) is 14.9 Å². The number of nitrogens with one attached hydrogen (secondary N) is 1. The van der Waals surface area contributed by atoms with Crippen LogP contribution in [0.4, 0.5) is 10.8 Å². The zero-order valence-electron chi connectivity index (χ0n) is 17.8. The third kappa shape index (κ3) is 3.63. The molecule has 1 atom stereocenters. The van der Waals surface area contributed by atoms with E-state index in [9.17, 15) is 9.59 Å². The summed E-state index contributed by atoms with van der Waals surface area (Å²) < 4.78 is 11.3. The van der Waals surface area contributed by atoms with E-state index in [-0.39, 0.29) is 0 Å². The first-order chi connectivity index (χ1) is 14.9.